The van der Waals surface area contributed by atoms with E-state index in [1.54, 1.807) is 6.07 Å². The lowest BCUT2D eigenvalue weighted by atomic mass is 10.0. The van der Waals surface area contributed by atoms with Gasteiger partial charge in [0.2, 0.25) is 0 Å². The molecule has 0 spiro atoms. The quantitative estimate of drug-likeness (QED) is 0.657. The zero-order valence-electron chi connectivity index (χ0n) is 11.3. The molecule has 0 unspecified atom stereocenters. The summed E-state index contributed by atoms with van der Waals surface area (Å²) >= 11 is 3.41. The van der Waals surface area contributed by atoms with E-state index in [2.05, 4.69) is 47.2 Å². The summed E-state index contributed by atoms with van der Waals surface area (Å²) < 4.78 is 0.814. The van der Waals surface area contributed by atoms with E-state index >= 15 is 0 Å². The van der Waals surface area contributed by atoms with Gasteiger partial charge in [-0.2, -0.15) is 0 Å². The first-order valence-electron chi connectivity index (χ1n) is 6.22. The first-order chi connectivity index (χ1) is 9.49. The summed E-state index contributed by atoms with van der Waals surface area (Å²) in [6.07, 6.45) is 0. The van der Waals surface area contributed by atoms with Crippen molar-refractivity contribution in [2.75, 3.05) is 5.32 Å². The predicted octanol–water partition coefficient (Wildman–Crippen LogP) is 4.59. The molecular weight excluding hydrogens is 320 g/mol. The summed E-state index contributed by atoms with van der Waals surface area (Å²) in [5, 5.41) is 14.1. The standard InChI is InChI=1S/C15H15BrN2O2/c1-10-4-3-5-11(2)13(10)9-17-15-8-12(18(19)20)6-7-14(15)16/h3-8,17H,9H2,1-2H3. The van der Waals surface area contributed by atoms with E-state index in [1.807, 2.05) is 6.07 Å². The molecule has 4 nitrogen and oxygen atoms in total. The molecule has 0 saturated carbocycles. The van der Waals surface area contributed by atoms with Crippen LogP contribution in [-0.2, 0) is 6.54 Å². The average Bonchev–Trinajstić information content (AvgIpc) is 2.39. The SMILES string of the molecule is Cc1cccc(C)c1CNc1cc([N+](=O)[O-])ccc1Br. The first-order valence-corrected chi connectivity index (χ1v) is 7.01. The van der Waals surface area contributed by atoms with Crippen molar-refractivity contribution in [1.82, 2.24) is 0 Å². The summed E-state index contributed by atoms with van der Waals surface area (Å²) in [4.78, 5) is 10.4. The van der Waals surface area contributed by atoms with Crippen LogP contribution in [0.25, 0.3) is 0 Å². The highest BCUT2D eigenvalue weighted by molar-refractivity contribution is 9.10. The summed E-state index contributed by atoms with van der Waals surface area (Å²) in [7, 11) is 0. The predicted molar refractivity (Wildman–Crippen MR) is 84.0 cm³/mol. The maximum absolute atomic E-state index is 10.8. The van der Waals surface area contributed by atoms with Crippen molar-refractivity contribution < 1.29 is 4.92 Å². The molecule has 0 bridgehead atoms. The summed E-state index contributed by atoms with van der Waals surface area (Å²) in [5.41, 5.74) is 4.43. The van der Waals surface area contributed by atoms with E-state index in [0.717, 1.165) is 10.2 Å². The second-order valence-corrected chi connectivity index (χ2v) is 5.50. The molecule has 0 amide bonds. The molecule has 2 rings (SSSR count). The van der Waals surface area contributed by atoms with E-state index in [-0.39, 0.29) is 5.69 Å². The Morgan fingerprint density at radius 3 is 2.45 bits per heavy atom. The van der Waals surface area contributed by atoms with Crippen LogP contribution in [0.4, 0.5) is 11.4 Å². The third kappa shape index (κ3) is 3.17. The van der Waals surface area contributed by atoms with Gasteiger partial charge >= 0.3 is 0 Å². The number of aryl methyl sites for hydroxylation is 2. The molecule has 5 heteroatoms. The Labute approximate surface area is 126 Å². The molecule has 0 fully saturated rings. The molecule has 0 aliphatic carbocycles. The minimum absolute atomic E-state index is 0.0807. The van der Waals surface area contributed by atoms with E-state index in [0.29, 0.717) is 6.54 Å². The number of halogens is 1. The van der Waals surface area contributed by atoms with Gasteiger partial charge < -0.3 is 5.32 Å². The lowest BCUT2D eigenvalue weighted by Gasteiger charge is -2.13. The van der Waals surface area contributed by atoms with Gasteiger partial charge in [0.1, 0.15) is 0 Å². The number of rotatable bonds is 4. The van der Waals surface area contributed by atoms with Gasteiger partial charge in [-0.1, -0.05) is 18.2 Å². The summed E-state index contributed by atoms with van der Waals surface area (Å²) in [6, 6.07) is 10.9. The smallest absolute Gasteiger partial charge is 0.271 e. The zero-order chi connectivity index (χ0) is 14.7. The van der Waals surface area contributed by atoms with Gasteiger partial charge in [0, 0.05) is 23.2 Å². The molecule has 1 N–H and O–H groups in total. The lowest BCUT2D eigenvalue weighted by molar-refractivity contribution is -0.384. The van der Waals surface area contributed by atoms with Crippen LogP contribution < -0.4 is 5.32 Å². The number of anilines is 1. The molecule has 0 radical (unpaired) electrons. The Bertz CT molecular complexity index is 636. The Kier molecular flexibility index (Phi) is 4.39. The molecule has 2 aromatic rings. The maximum atomic E-state index is 10.8. The van der Waals surface area contributed by atoms with Crippen LogP contribution in [0.2, 0.25) is 0 Å². The van der Waals surface area contributed by atoms with Crippen molar-refractivity contribution >= 4 is 27.3 Å². The number of nitrogens with one attached hydrogen (secondary N) is 1. The van der Waals surface area contributed by atoms with Crippen LogP contribution in [0.5, 0.6) is 0 Å². The molecule has 0 aromatic heterocycles. The van der Waals surface area contributed by atoms with Crippen LogP contribution >= 0.6 is 15.9 Å². The Hall–Kier alpha value is -1.88. The highest BCUT2D eigenvalue weighted by Crippen LogP contribution is 2.28. The Balaban J connectivity index is 2.23. The fourth-order valence-corrected chi connectivity index (χ4v) is 2.46. The van der Waals surface area contributed by atoms with Crippen LogP contribution in [0.1, 0.15) is 16.7 Å². The monoisotopic (exact) mass is 334 g/mol. The first kappa shape index (κ1) is 14.5. The highest BCUT2D eigenvalue weighted by Gasteiger charge is 2.10. The van der Waals surface area contributed by atoms with Crippen molar-refractivity contribution in [1.29, 1.82) is 0 Å². The van der Waals surface area contributed by atoms with Crippen LogP contribution in [0.15, 0.2) is 40.9 Å². The molecule has 0 atom stereocenters. The van der Waals surface area contributed by atoms with Crippen molar-refractivity contribution in [2.24, 2.45) is 0 Å². The van der Waals surface area contributed by atoms with Gasteiger partial charge in [-0.05, 0) is 52.5 Å². The van der Waals surface area contributed by atoms with Gasteiger partial charge in [-0.3, -0.25) is 10.1 Å². The molecule has 0 aliphatic rings. The summed E-state index contributed by atoms with van der Waals surface area (Å²) in [6.45, 7) is 4.76. The average molecular weight is 335 g/mol. The maximum Gasteiger partial charge on any atom is 0.271 e. The third-order valence-electron chi connectivity index (χ3n) is 3.26. The van der Waals surface area contributed by atoms with E-state index in [1.165, 1.54) is 28.8 Å². The largest absolute Gasteiger partial charge is 0.380 e. The Morgan fingerprint density at radius 1 is 1.20 bits per heavy atom. The number of hydrogen-bond donors (Lipinski definition) is 1. The van der Waals surface area contributed by atoms with Crippen molar-refractivity contribution in [3.8, 4) is 0 Å². The highest BCUT2D eigenvalue weighted by atomic mass is 79.9. The van der Waals surface area contributed by atoms with Crippen LogP contribution in [0, 0.1) is 24.0 Å². The molecule has 0 heterocycles. The van der Waals surface area contributed by atoms with Gasteiger partial charge in [0.15, 0.2) is 0 Å². The molecule has 104 valence electrons. The van der Waals surface area contributed by atoms with Crippen LogP contribution in [0.3, 0.4) is 0 Å². The summed E-state index contributed by atoms with van der Waals surface area (Å²) in [5.74, 6) is 0. The van der Waals surface area contributed by atoms with Gasteiger partial charge in [-0.15, -0.1) is 0 Å². The number of non-ortho nitro benzene ring substituents is 1. The Morgan fingerprint density at radius 2 is 1.85 bits per heavy atom. The van der Waals surface area contributed by atoms with E-state index in [4.69, 9.17) is 0 Å². The second kappa shape index (κ2) is 6.05. The van der Waals surface area contributed by atoms with Crippen LogP contribution in [-0.4, -0.2) is 4.92 Å². The molecule has 0 saturated heterocycles. The minimum Gasteiger partial charge on any atom is -0.380 e. The third-order valence-corrected chi connectivity index (χ3v) is 3.95. The normalized spacial score (nSPS) is 10.3. The van der Waals surface area contributed by atoms with Gasteiger partial charge in [0.25, 0.3) is 5.69 Å². The second-order valence-electron chi connectivity index (χ2n) is 4.65. The van der Waals surface area contributed by atoms with Gasteiger partial charge in [-0.25, -0.2) is 0 Å². The van der Waals surface area contributed by atoms with Gasteiger partial charge in [0.05, 0.1) is 10.6 Å². The number of nitro groups is 1. The number of hydrogen-bond acceptors (Lipinski definition) is 3. The molecule has 0 aliphatic heterocycles. The topological polar surface area (TPSA) is 55.2 Å². The van der Waals surface area contributed by atoms with E-state index in [9.17, 15) is 10.1 Å². The zero-order valence-corrected chi connectivity index (χ0v) is 12.9. The molecule has 2 aromatic carbocycles. The number of nitro benzene ring substituents is 1. The molecule has 20 heavy (non-hydrogen) atoms. The fraction of sp³-hybridized carbons (Fsp3) is 0.200. The number of nitrogens with zero attached hydrogens (tertiary/aromatic N) is 1. The van der Waals surface area contributed by atoms with Crippen molar-refractivity contribution in [3.05, 3.63) is 67.7 Å². The van der Waals surface area contributed by atoms with Crippen molar-refractivity contribution in [2.45, 2.75) is 20.4 Å². The van der Waals surface area contributed by atoms with E-state index < -0.39 is 4.92 Å². The van der Waals surface area contributed by atoms with Crippen molar-refractivity contribution in [3.63, 3.8) is 0 Å². The minimum atomic E-state index is -0.392. The lowest BCUT2D eigenvalue weighted by Crippen LogP contribution is -2.04. The fourth-order valence-electron chi connectivity index (χ4n) is 2.07. The number of benzene rings is 2. The molecular formula is C15H15BrN2O2.